The van der Waals surface area contributed by atoms with Gasteiger partial charge in [-0.15, -0.1) is 0 Å². The molecule has 2 aromatic carbocycles. The van der Waals surface area contributed by atoms with Crippen LogP contribution in [-0.4, -0.2) is 49.8 Å². The maximum absolute atomic E-state index is 13.3. The van der Waals surface area contributed by atoms with Gasteiger partial charge in [-0.3, -0.25) is 10.1 Å². The Balaban J connectivity index is 1.60. The summed E-state index contributed by atoms with van der Waals surface area (Å²) in [5, 5.41) is 5.20. The number of hydrogen-bond donors (Lipinski definition) is 2. The smallest absolute Gasteiger partial charge is 0.339 e. The molecule has 0 saturated heterocycles. The van der Waals surface area contributed by atoms with E-state index in [1.807, 2.05) is 24.3 Å². The molecule has 0 bridgehead atoms. The van der Waals surface area contributed by atoms with Crippen LogP contribution in [0.4, 0.5) is 9.18 Å². The number of aromatic nitrogens is 1. The number of para-hydroxylation sites is 1. The third-order valence-electron chi connectivity index (χ3n) is 5.76. The summed E-state index contributed by atoms with van der Waals surface area (Å²) in [5.41, 5.74) is 4.19. The van der Waals surface area contributed by atoms with Crippen molar-refractivity contribution >= 4 is 40.5 Å². The minimum atomic E-state index is -0.748. The third-order valence-corrected chi connectivity index (χ3v) is 5.76. The number of hydrogen-bond acceptors (Lipinski definition) is 6. The van der Waals surface area contributed by atoms with Gasteiger partial charge in [0, 0.05) is 19.0 Å². The Labute approximate surface area is 207 Å². The summed E-state index contributed by atoms with van der Waals surface area (Å²) in [5.74, 6) is -1.72. The van der Waals surface area contributed by atoms with Crippen molar-refractivity contribution in [1.82, 2.24) is 15.6 Å². The molecule has 1 heterocycles. The minimum absolute atomic E-state index is 0.234. The second kappa shape index (κ2) is 11.5. The van der Waals surface area contributed by atoms with Crippen LogP contribution in [0.2, 0.25) is 0 Å². The number of pyridine rings is 1. The molecule has 0 fully saturated rings. The maximum Gasteiger partial charge on any atom is 0.339 e. The lowest BCUT2D eigenvalue weighted by Crippen LogP contribution is -2.42. The molecule has 1 aromatic heterocycles. The Hall–Kier alpha value is -4.11. The molecule has 0 spiro atoms. The van der Waals surface area contributed by atoms with E-state index in [0.717, 1.165) is 29.5 Å². The molecule has 1 aliphatic rings. The molecule has 3 aromatic rings. The predicted molar refractivity (Wildman–Crippen MR) is 133 cm³/mol. The topological polar surface area (TPSA) is 107 Å². The van der Waals surface area contributed by atoms with Gasteiger partial charge in [0.1, 0.15) is 5.82 Å². The van der Waals surface area contributed by atoms with Crippen LogP contribution < -0.4 is 10.6 Å². The molecule has 8 nitrogen and oxygen atoms in total. The molecule has 3 amide bonds. The van der Waals surface area contributed by atoms with Gasteiger partial charge in [-0.2, -0.15) is 0 Å². The number of amides is 3. The van der Waals surface area contributed by atoms with Gasteiger partial charge in [0.05, 0.1) is 23.4 Å². The van der Waals surface area contributed by atoms with Crippen molar-refractivity contribution in [3.8, 4) is 0 Å². The summed E-state index contributed by atoms with van der Waals surface area (Å²) in [6, 6.07) is 12.7. The maximum atomic E-state index is 13.3. The number of esters is 1. The van der Waals surface area contributed by atoms with Crippen LogP contribution in [0.3, 0.4) is 0 Å². The number of carbonyl (C=O) groups excluding carboxylic acids is 3. The van der Waals surface area contributed by atoms with Gasteiger partial charge in [-0.1, -0.05) is 30.3 Å². The molecule has 2 N–H and O–H groups in total. The van der Waals surface area contributed by atoms with Crippen molar-refractivity contribution in [2.75, 3.05) is 26.9 Å². The molecule has 0 saturated carbocycles. The number of carbonyl (C=O) groups is 3. The molecular formula is C27H26FN3O5. The van der Waals surface area contributed by atoms with E-state index < -0.39 is 24.5 Å². The van der Waals surface area contributed by atoms with E-state index in [0.29, 0.717) is 35.2 Å². The highest BCUT2D eigenvalue weighted by Crippen LogP contribution is 2.36. The number of imide groups is 1. The molecule has 186 valence electrons. The lowest BCUT2D eigenvalue weighted by atomic mass is 9.86. The second-order valence-electron chi connectivity index (χ2n) is 8.28. The van der Waals surface area contributed by atoms with Crippen molar-refractivity contribution in [3.63, 3.8) is 0 Å². The van der Waals surface area contributed by atoms with Gasteiger partial charge in [0.15, 0.2) is 6.61 Å². The Morgan fingerprint density at radius 2 is 1.86 bits per heavy atom. The number of fused-ring (bicyclic) bond motifs is 2. The van der Waals surface area contributed by atoms with Gasteiger partial charge >= 0.3 is 12.0 Å². The van der Waals surface area contributed by atoms with Crippen molar-refractivity contribution < 1.29 is 28.2 Å². The predicted octanol–water partition coefficient (Wildman–Crippen LogP) is 3.88. The molecule has 9 heteroatoms. The molecule has 4 rings (SSSR count). The van der Waals surface area contributed by atoms with E-state index in [-0.39, 0.29) is 12.4 Å². The van der Waals surface area contributed by atoms with Crippen LogP contribution in [-0.2, 0) is 20.7 Å². The van der Waals surface area contributed by atoms with Gasteiger partial charge < -0.3 is 14.8 Å². The lowest BCUT2D eigenvalue weighted by molar-refractivity contribution is -0.123. The number of allylic oxidation sites excluding steroid dienone is 1. The summed E-state index contributed by atoms with van der Waals surface area (Å²) in [6.07, 6.45) is 4.11. The summed E-state index contributed by atoms with van der Waals surface area (Å²) < 4.78 is 23.5. The highest BCUT2D eigenvalue weighted by molar-refractivity contribution is 6.07. The average Bonchev–Trinajstić information content (AvgIpc) is 2.87. The summed E-state index contributed by atoms with van der Waals surface area (Å²) in [7, 11) is 1.49. The number of benzene rings is 2. The number of halogens is 1. The average molecular weight is 492 g/mol. The van der Waals surface area contributed by atoms with Crippen LogP contribution in [0.1, 0.15) is 40.0 Å². The number of ether oxygens (including phenoxy) is 2. The second-order valence-corrected chi connectivity index (χ2v) is 8.28. The Kier molecular flexibility index (Phi) is 8.02. The van der Waals surface area contributed by atoms with Gasteiger partial charge in [-0.25, -0.2) is 19.0 Å². The van der Waals surface area contributed by atoms with E-state index in [4.69, 9.17) is 14.5 Å². The fraction of sp³-hybridized carbons (Fsp3) is 0.259. The summed E-state index contributed by atoms with van der Waals surface area (Å²) in [4.78, 5) is 41.9. The first-order valence-electron chi connectivity index (χ1n) is 11.6. The van der Waals surface area contributed by atoms with Gasteiger partial charge in [-0.05, 0) is 60.2 Å². The van der Waals surface area contributed by atoms with E-state index in [1.165, 1.54) is 19.2 Å². The molecule has 0 aliphatic heterocycles. The molecule has 0 radical (unpaired) electrons. The zero-order valence-corrected chi connectivity index (χ0v) is 19.8. The number of nitrogens with one attached hydrogen (secondary N) is 2. The molecule has 0 unspecified atom stereocenters. The fourth-order valence-electron chi connectivity index (χ4n) is 4.15. The summed E-state index contributed by atoms with van der Waals surface area (Å²) >= 11 is 0. The zero-order chi connectivity index (χ0) is 25.5. The summed E-state index contributed by atoms with van der Waals surface area (Å²) in [6.45, 7) is -0.0764. The fourth-order valence-corrected chi connectivity index (χ4v) is 4.15. The molecule has 0 atom stereocenters. The van der Waals surface area contributed by atoms with Crippen LogP contribution in [0.15, 0.2) is 48.5 Å². The van der Waals surface area contributed by atoms with Crippen LogP contribution in [0.5, 0.6) is 0 Å². The normalized spacial score (nSPS) is 13.8. The van der Waals surface area contributed by atoms with Gasteiger partial charge in [0.2, 0.25) is 0 Å². The largest absolute Gasteiger partial charge is 0.452 e. The van der Waals surface area contributed by atoms with E-state index >= 15 is 0 Å². The number of methoxy groups -OCH3 is 1. The van der Waals surface area contributed by atoms with E-state index in [1.54, 1.807) is 18.2 Å². The quantitative estimate of drug-likeness (QED) is 0.384. The highest BCUT2D eigenvalue weighted by atomic mass is 19.1. The van der Waals surface area contributed by atoms with Crippen molar-refractivity contribution in [2.24, 2.45) is 0 Å². The third kappa shape index (κ3) is 5.92. The van der Waals surface area contributed by atoms with Crippen LogP contribution in [0, 0.1) is 5.82 Å². The molecule has 1 aliphatic carbocycles. The van der Waals surface area contributed by atoms with Crippen molar-refractivity contribution in [2.45, 2.75) is 19.3 Å². The number of urea groups is 1. The van der Waals surface area contributed by atoms with Crippen molar-refractivity contribution in [1.29, 1.82) is 0 Å². The minimum Gasteiger partial charge on any atom is -0.452 e. The monoisotopic (exact) mass is 491 g/mol. The van der Waals surface area contributed by atoms with Crippen LogP contribution in [0.25, 0.3) is 22.6 Å². The first-order chi connectivity index (χ1) is 17.5. The van der Waals surface area contributed by atoms with Gasteiger partial charge in [0.25, 0.3) is 5.91 Å². The molecule has 36 heavy (non-hydrogen) atoms. The standard InChI is InChI=1S/C27H26FN3O5/c1-35-14-13-29-27(34)31-23(32)16-36-26(33)24-20-6-2-3-8-22(20)30-25-18(5-4-7-21(24)25)15-17-9-11-19(28)12-10-17/h2-3,6,8-12,15H,4-5,7,13-14,16H2,1H3,(H2,29,31,32,34)/b18-15+. The first-order valence-corrected chi connectivity index (χ1v) is 11.6. The first kappa shape index (κ1) is 25.0. The van der Waals surface area contributed by atoms with E-state index in [2.05, 4.69) is 10.6 Å². The van der Waals surface area contributed by atoms with Crippen LogP contribution >= 0.6 is 0 Å². The SMILES string of the molecule is COCCNC(=O)NC(=O)COC(=O)c1c2c(nc3ccccc13)/C(=C/c1ccc(F)cc1)CCC2. The number of nitrogens with zero attached hydrogens (tertiary/aromatic N) is 1. The molecular weight excluding hydrogens is 465 g/mol. The van der Waals surface area contributed by atoms with E-state index in [9.17, 15) is 18.8 Å². The zero-order valence-electron chi connectivity index (χ0n) is 19.8. The number of rotatable bonds is 7. The van der Waals surface area contributed by atoms with Crippen molar-refractivity contribution in [3.05, 3.63) is 76.7 Å². The lowest BCUT2D eigenvalue weighted by Gasteiger charge is -2.22. The Morgan fingerprint density at radius 1 is 1.08 bits per heavy atom. The Morgan fingerprint density at radius 3 is 2.64 bits per heavy atom. The highest BCUT2D eigenvalue weighted by Gasteiger charge is 2.26. The Bertz CT molecular complexity index is 1320.